The highest BCUT2D eigenvalue weighted by Crippen LogP contribution is 2.14. The molecule has 7 heteroatoms. The second kappa shape index (κ2) is 10.4. The molecular formula is C21H19NO5S. The Morgan fingerprint density at radius 1 is 1.07 bits per heavy atom. The van der Waals surface area contributed by atoms with E-state index in [1.807, 2.05) is 12.1 Å². The predicted molar refractivity (Wildman–Crippen MR) is 105 cm³/mol. The van der Waals surface area contributed by atoms with Gasteiger partial charge in [0.25, 0.3) is 5.91 Å². The lowest BCUT2D eigenvalue weighted by Crippen LogP contribution is -2.48. The Kier molecular flexibility index (Phi) is 7.94. The molecule has 0 aliphatic carbocycles. The van der Waals surface area contributed by atoms with Crippen molar-refractivity contribution in [1.29, 1.82) is 0 Å². The number of ketones is 1. The first-order chi connectivity index (χ1) is 13.4. The SMILES string of the molecule is C[C@H](O)[C@H](NC(=O)c1ccc(C#CC#Cc2ccc(CO)s2)cc1)C(=O)CO. The van der Waals surface area contributed by atoms with Crippen LogP contribution in [0.5, 0.6) is 0 Å². The summed E-state index contributed by atoms with van der Waals surface area (Å²) in [4.78, 5) is 25.4. The van der Waals surface area contributed by atoms with Gasteiger partial charge in [-0.05, 0) is 61.1 Å². The monoisotopic (exact) mass is 397 g/mol. The Morgan fingerprint density at radius 2 is 1.75 bits per heavy atom. The van der Waals surface area contributed by atoms with Gasteiger partial charge < -0.3 is 20.6 Å². The van der Waals surface area contributed by atoms with Crippen LogP contribution in [0, 0.1) is 23.7 Å². The largest absolute Gasteiger partial charge is 0.391 e. The third-order valence-electron chi connectivity index (χ3n) is 3.69. The highest BCUT2D eigenvalue weighted by atomic mass is 32.1. The number of carbonyl (C=O) groups excluding carboxylic acids is 2. The fraction of sp³-hybridized carbons (Fsp3) is 0.238. The number of nitrogens with one attached hydrogen (secondary N) is 1. The number of aliphatic hydroxyl groups is 3. The highest BCUT2D eigenvalue weighted by molar-refractivity contribution is 7.12. The maximum absolute atomic E-state index is 12.2. The summed E-state index contributed by atoms with van der Waals surface area (Å²) in [5.74, 6) is 10.0. The van der Waals surface area contributed by atoms with Gasteiger partial charge in [-0.2, -0.15) is 0 Å². The van der Waals surface area contributed by atoms with Crippen molar-refractivity contribution in [1.82, 2.24) is 5.32 Å². The van der Waals surface area contributed by atoms with Gasteiger partial charge in [-0.25, -0.2) is 0 Å². The Balaban J connectivity index is 2.01. The Morgan fingerprint density at radius 3 is 2.32 bits per heavy atom. The molecule has 1 heterocycles. The van der Waals surface area contributed by atoms with E-state index in [-0.39, 0.29) is 6.61 Å². The summed E-state index contributed by atoms with van der Waals surface area (Å²) in [6.07, 6.45) is -1.12. The lowest BCUT2D eigenvalue weighted by molar-refractivity contribution is -0.125. The average molecular weight is 397 g/mol. The van der Waals surface area contributed by atoms with Crippen molar-refractivity contribution in [2.45, 2.75) is 25.7 Å². The van der Waals surface area contributed by atoms with E-state index in [0.29, 0.717) is 11.1 Å². The molecule has 0 saturated heterocycles. The van der Waals surface area contributed by atoms with Gasteiger partial charge >= 0.3 is 0 Å². The number of hydrogen-bond acceptors (Lipinski definition) is 6. The number of hydrogen-bond donors (Lipinski definition) is 4. The van der Waals surface area contributed by atoms with Gasteiger partial charge in [0, 0.05) is 16.0 Å². The van der Waals surface area contributed by atoms with E-state index in [4.69, 9.17) is 10.2 Å². The molecule has 0 radical (unpaired) electrons. The van der Waals surface area contributed by atoms with Gasteiger partial charge in [0.05, 0.1) is 17.6 Å². The van der Waals surface area contributed by atoms with Crippen LogP contribution >= 0.6 is 11.3 Å². The first kappa shape index (κ1) is 21.4. The van der Waals surface area contributed by atoms with E-state index in [1.165, 1.54) is 18.3 Å². The van der Waals surface area contributed by atoms with Gasteiger partial charge in [-0.15, -0.1) is 11.3 Å². The molecule has 1 aromatic carbocycles. The Labute approximate surface area is 166 Å². The number of thiophene rings is 1. The molecule has 0 unspecified atom stereocenters. The van der Waals surface area contributed by atoms with Crippen molar-refractivity contribution >= 4 is 23.0 Å². The van der Waals surface area contributed by atoms with Gasteiger partial charge in [-0.3, -0.25) is 9.59 Å². The van der Waals surface area contributed by atoms with Crippen LogP contribution in [0.1, 0.15) is 32.6 Å². The fourth-order valence-electron chi connectivity index (χ4n) is 2.22. The van der Waals surface area contributed by atoms with Crippen molar-refractivity contribution in [3.05, 3.63) is 57.3 Å². The molecule has 2 aromatic rings. The normalized spacial score (nSPS) is 12.0. The third kappa shape index (κ3) is 6.05. The number of benzene rings is 1. The molecule has 0 spiro atoms. The summed E-state index contributed by atoms with van der Waals surface area (Å²) in [5.41, 5.74) is 0.953. The first-order valence-corrected chi connectivity index (χ1v) is 9.20. The van der Waals surface area contributed by atoms with E-state index >= 15 is 0 Å². The van der Waals surface area contributed by atoms with E-state index in [0.717, 1.165) is 9.75 Å². The third-order valence-corrected chi connectivity index (χ3v) is 4.68. The van der Waals surface area contributed by atoms with E-state index < -0.39 is 30.4 Å². The summed E-state index contributed by atoms with van der Waals surface area (Å²) < 4.78 is 0. The lowest BCUT2D eigenvalue weighted by Gasteiger charge is -2.19. The first-order valence-electron chi connectivity index (χ1n) is 8.38. The van der Waals surface area contributed by atoms with Gasteiger partial charge in [0.2, 0.25) is 0 Å². The summed E-state index contributed by atoms with van der Waals surface area (Å²) in [7, 11) is 0. The van der Waals surface area contributed by atoms with Crippen molar-refractivity contribution < 1.29 is 24.9 Å². The van der Waals surface area contributed by atoms with Crippen LogP contribution in [-0.2, 0) is 11.4 Å². The zero-order chi connectivity index (χ0) is 20.5. The van der Waals surface area contributed by atoms with Crippen molar-refractivity contribution in [2.24, 2.45) is 0 Å². The predicted octanol–water partition coefficient (Wildman–Crippen LogP) is 0.684. The molecule has 0 saturated carbocycles. The molecule has 6 nitrogen and oxygen atoms in total. The second-order valence-corrected chi connectivity index (χ2v) is 6.99. The molecule has 0 fully saturated rings. The zero-order valence-electron chi connectivity index (χ0n) is 15.1. The minimum atomic E-state index is -1.17. The summed E-state index contributed by atoms with van der Waals surface area (Å²) in [6, 6.07) is 8.83. The van der Waals surface area contributed by atoms with Gasteiger partial charge in [-0.1, -0.05) is 5.92 Å². The quantitative estimate of drug-likeness (QED) is 0.537. The van der Waals surface area contributed by atoms with Crippen LogP contribution in [0.2, 0.25) is 0 Å². The molecular weight excluding hydrogens is 378 g/mol. The summed E-state index contributed by atoms with van der Waals surface area (Å²) >= 11 is 1.40. The molecule has 4 N–H and O–H groups in total. The van der Waals surface area contributed by atoms with Gasteiger partial charge in [0.1, 0.15) is 12.6 Å². The standard InChI is InChI=1S/C21H19NO5S/c1-14(25)20(19(26)13-24)22-21(27)16-8-6-15(7-9-16)4-2-3-5-17-10-11-18(12-23)28-17/h6-11,14,20,23-25H,12-13H2,1H3,(H,22,27)/t14-,20-/m0/s1. The number of amides is 1. The highest BCUT2D eigenvalue weighted by Gasteiger charge is 2.25. The molecule has 1 amide bonds. The average Bonchev–Trinajstić information content (AvgIpc) is 3.17. The molecule has 2 rings (SSSR count). The molecule has 0 bridgehead atoms. The van der Waals surface area contributed by atoms with Crippen LogP contribution in [0.4, 0.5) is 0 Å². The van der Waals surface area contributed by atoms with E-state index in [2.05, 4.69) is 29.0 Å². The molecule has 0 aliphatic heterocycles. The number of carbonyl (C=O) groups is 2. The summed E-state index contributed by atoms with van der Waals surface area (Å²) in [6.45, 7) is 0.585. The molecule has 28 heavy (non-hydrogen) atoms. The van der Waals surface area contributed by atoms with E-state index in [9.17, 15) is 14.7 Å². The van der Waals surface area contributed by atoms with Crippen molar-refractivity contribution in [2.75, 3.05) is 6.61 Å². The molecule has 1 aromatic heterocycles. The maximum Gasteiger partial charge on any atom is 0.251 e. The van der Waals surface area contributed by atoms with Crippen LogP contribution in [0.25, 0.3) is 0 Å². The van der Waals surface area contributed by atoms with Crippen LogP contribution in [0.3, 0.4) is 0 Å². The number of aliphatic hydroxyl groups excluding tert-OH is 3. The Bertz CT molecular complexity index is 954. The van der Waals surface area contributed by atoms with Gasteiger partial charge in [0.15, 0.2) is 5.78 Å². The number of Topliss-reactive ketones (excluding diaryl/α,β-unsaturated/α-hetero) is 1. The van der Waals surface area contributed by atoms with E-state index in [1.54, 1.807) is 24.3 Å². The topological polar surface area (TPSA) is 107 Å². The van der Waals surface area contributed by atoms with Crippen LogP contribution in [0.15, 0.2) is 36.4 Å². The molecule has 0 aliphatic rings. The number of rotatable bonds is 6. The van der Waals surface area contributed by atoms with Crippen LogP contribution < -0.4 is 5.32 Å². The van der Waals surface area contributed by atoms with Crippen molar-refractivity contribution in [3.63, 3.8) is 0 Å². The van der Waals surface area contributed by atoms with Crippen LogP contribution in [-0.4, -0.2) is 45.8 Å². The minimum absolute atomic E-state index is 0.00985. The zero-order valence-corrected chi connectivity index (χ0v) is 15.9. The fourth-order valence-corrected chi connectivity index (χ4v) is 2.95. The Hall–Kier alpha value is -2.94. The van der Waals surface area contributed by atoms with Crippen molar-refractivity contribution in [3.8, 4) is 23.7 Å². The molecule has 2 atom stereocenters. The lowest BCUT2D eigenvalue weighted by atomic mass is 10.1. The second-order valence-electron chi connectivity index (χ2n) is 5.82. The summed E-state index contributed by atoms with van der Waals surface area (Å²) in [5, 5.41) is 29.9. The maximum atomic E-state index is 12.2. The molecule has 144 valence electrons. The minimum Gasteiger partial charge on any atom is -0.391 e. The smallest absolute Gasteiger partial charge is 0.251 e.